The van der Waals surface area contributed by atoms with Crippen LogP contribution >= 0.6 is 23.2 Å². The molecule has 0 saturated heterocycles. The van der Waals surface area contributed by atoms with Gasteiger partial charge in [0.05, 0.1) is 10.0 Å². The van der Waals surface area contributed by atoms with Gasteiger partial charge >= 0.3 is 0 Å². The lowest BCUT2D eigenvalue weighted by Gasteiger charge is -2.43. The van der Waals surface area contributed by atoms with Gasteiger partial charge in [-0.1, -0.05) is 43.1 Å². The van der Waals surface area contributed by atoms with Gasteiger partial charge in [0.1, 0.15) is 0 Å². The first kappa shape index (κ1) is 16.8. The van der Waals surface area contributed by atoms with Crippen molar-refractivity contribution in [3.05, 3.63) is 33.8 Å². The van der Waals surface area contributed by atoms with E-state index in [0.29, 0.717) is 10.0 Å². The molecule has 4 heteroatoms. The molecule has 1 aromatic carbocycles. The summed E-state index contributed by atoms with van der Waals surface area (Å²) in [6.45, 7) is 4.39. The van der Waals surface area contributed by atoms with Crippen LogP contribution < -0.4 is 5.73 Å². The van der Waals surface area contributed by atoms with Gasteiger partial charge in [0, 0.05) is 11.6 Å². The molecule has 1 atom stereocenters. The Bertz CT molecular complexity index is 415. The summed E-state index contributed by atoms with van der Waals surface area (Å²) < 4.78 is 0. The zero-order valence-electron chi connectivity index (χ0n) is 12.2. The maximum atomic E-state index is 6.48. The second-order valence-corrected chi connectivity index (χ2v) is 6.08. The summed E-state index contributed by atoms with van der Waals surface area (Å²) in [5.41, 5.74) is 7.63. The molecule has 0 aliphatic rings. The number of nitrogens with two attached hydrogens (primary N) is 1. The van der Waals surface area contributed by atoms with Crippen molar-refractivity contribution in [3.63, 3.8) is 0 Å². The van der Waals surface area contributed by atoms with E-state index in [4.69, 9.17) is 28.9 Å². The second kappa shape index (κ2) is 6.94. The third-order valence-electron chi connectivity index (χ3n) is 4.24. The Hall–Kier alpha value is -0.280. The number of hydrogen-bond acceptors (Lipinski definition) is 2. The summed E-state index contributed by atoms with van der Waals surface area (Å²) in [7, 11) is 4.20. The van der Waals surface area contributed by atoms with Crippen LogP contribution in [0.5, 0.6) is 0 Å². The summed E-state index contributed by atoms with van der Waals surface area (Å²) in [4.78, 5) is 2.25. The first-order chi connectivity index (χ1) is 8.87. The Balaban J connectivity index is 2.93. The molecule has 0 saturated carbocycles. The van der Waals surface area contributed by atoms with Crippen LogP contribution in [0.1, 0.15) is 32.3 Å². The third kappa shape index (κ3) is 3.63. The van der Waals surface area contributed by atoms with Crippen LogP contribution in [0.3, 0.4) is 0 Å². The van der Waals surface area contributed by atoms with E-state index in [0.717, 1.165) is 24.8 Å². The molecule has 0 aliphatic heterocycles. The Labute approximate surface area is 126 Å². The van der Waals surface area contributed by atoms with Gasteiger partial charge in [0.15, 0.2) is 0 Å². The van der Waals surface area contributed by atoms with E-state index in [9.17, 15) is 0 Å². The standard InChI is InChI=1S/C15H24Cl2N2/c1-5-15(6-2,19(3)4)14(18)10-11-7-8-12(16)13(17)9-11/h7-9,14H,5-6,10,18H2,1-4H3. The van der Waals surface area contributed by atoms with E-state index in [1.54, 1.807) is 0 Å². The maximum Gasteiger partial charge on any atom is 0.0595 e. The van der Waals surface area contributed by atoms with E-state index < -0.39 is 0 Å². The van der Waals surface area contributed by atoms with E-state index in [2.05, 4.69) is 32.8 Å². The molecule has 0 amide bonds. The molecule has 108 valence electrons. The van der Waals surface area contributed by atoms with Crippen LogP contribution in [0.25, 0.3) is 0 Å². The molecule has 1 rings (SSSR count). The number of halogens is 2. The molecular weight excluding hydrogens is 279 g/mol. The molecule has 0 bridgehead atoms. The van der Waals surface area contributed by atoms with E-state index in [1.807, 2.05) is 18.2 Å². The molecule has 0 aromatic heterocycles. The van der Waals surface area contributed by atoms with Gasteiger partial charge in [-0.05, 0) is 51.1 Å². The quantitative estimate of drug-likeness (QED) is 0.861. The smallest absolute Gasteiger partial charge is 0.0595 e. The summed E-state index contributed by atoms with van der Waals surface area (Å²) in [6, 6.07) is 5.81. The minimum absolute atomic E-state index is 0.0200. The first-order valence-electron chi connectivity index (χ1n) is 6.74. The highest BCUT2D eigenvalue weighted by atomic mass is 35.5. The van der Waals surface area contributed by atoms with Crippen LogP contribution in [-0.2, 0) is 6.42 Å². The topological polar surface area (TPSA) is 29.3 Å². The van der Waals surface area contributed by atoms with Crippen LogP contribution in [0.4, 0.5) is 0 Å². The highest BCUT2D eigenvalue weighted by molar-refractivity contribution is 6.42. The molecule has 2 nitrogen and oxygen atoms in total. The minimum Gasteiger partial charge on any atom is -0.326 e. The third-order valence-corrected chi connectivity index (χ3v) is 4.98. The van der Waals surface area contributed by atoms with Crippen molar-refractivity contribution < 1.29 is 0 Å². The van der Waals surface area contributed by atoms with Crippen LogP contribution in [-0.4, -0.2) is 30.6 Å². The average Bonchev–Trinajstić information content (AvgIpc) is 2.35. The summed E-state index contributed by atoms with van der Waals surface area (Å²) >= 11 is 12.0. The van der Waals surface area contributed by atoms with Gasteiger partial charge in [-0.15, -0.1) is 0 Å². The molecular formula is C15H24Cl2N2. The number of benzene rings is 1. The molecule has 0 spiro atoms. The summed E-state index contributed by atoms with van der Waals surface area (Å²) in [6.07, 6.45) is 2.86. The van der Waals surface area contributed by atoms with Gasteiger partial charge in [-0.2, -0.15) is 0 Å². The van der Waals surface area contributed by atoms with Crippen molar-refractivity contribution in [2.45, 2.75) is 44.7 Å². The lowest BCUT2D eigenvalue weighted by Crippen LogP contribution is -2.57. The Kier molecular flexibility index (Phi) is 6.13. The predicted octanol–water partition coefficient (Wildman–Crippen LogP) is 3.98. The Morgan fingerprint density at radius 3 is 2.16 bits per heavy atom. The Morgan fingerprint density at radius 2 is 1.74 bits per heavy atom. The molecule has 0 fully saturated rings. The van der Waals surface area contributed by atoms with E-state index in [1.165, 1.54) is 0 Å². The Morgan fingerprint density at radius 1 is 1.16 bits per heavy atom. The molecule has 0 aliphatic carbocycles. The fourth-order valence-corrected chi connectivity index (χ4v) is 3.17. The fourth-order valence-electron chi connectivity index (χ4n) is 2.85. The van der Waals surface area contributed by atoms with Crippen molar-refractivity contribution >= 4 is 23.2 Å². The molecule has 1 unspecified atom stereocenters. The van der Waals surface area contributed by atoms with Crippen LogP contribution in [0, 0.1) is 0 Å². The second-order valence-electron chi connectivity index (χ2n) is 5.26. The van der Waals surface area contributed by atoms with E-state index >= 15 is 0 Å². The van der Waals surface area contributed by atoms with Gasteiger partial charge in [-0.3, -0.25) is 0 Å². The zero-order chi connectivity index (χ0) is 14.6. The number of likely N-dealkylation sites (N-methyl/N-ethyl adjacent to an activating group) is 1. The number of nitrogens with zero attached hydrogens (tertiary/aromatic N) is 1. The van der Waals surface area contributed by atoms with Gasteiger partial charge < -0.3 is 10.6 Å². The molecule has 2 N–H and O–H groups in total. The number of hydrogen-bond donors (Lipinski definition) is 1. The van der Waals surface area contributed by atoms with Crippen molar-refractivity contribution in [1.29, 1.82) is 0 Å². The molecule has 0 radical (unpaired) electrons. The molecule has 0 heterocycles. The lowest BCUT2D eigenvalue weighted by molar-refractivity contribution is 0.105. The van der Waals surface area contributed by atoms with Gasteiger partial charge in [-0.25, -0.2) is 0 Å². The van der Waals surface area contributed by atoms with Crippen molar-refractivity contribution in [2.24, 2.45) is 5.73 Å². The number of rotatable bonds is 6. The zero-order valence-corrected chi connectivity index (χ0v) is 13.7. The summed E-state index contributed by atoms with van der Waals surface area (Å²) in [5.74, 6) is 0. The highest BCUT2D eigenvalue weighted by Gasteiger charge is 2.35. The van der Waals surface area contributed by atoms with E-state index in [-0.39, 0.29) is 11.6 Å². The van der Waals surface area contributed by atoms with Crippen LogP contribution in [0.2, 0.25) is 10.0 Å². The normalized spacial score (nSPS) is 13.9. The van der Waals surface area contributed by atoms with Crippen molar-refractivity contribution in [3.8, 4) is 0 Å². The average molecular weight is 303 g/mol. The first-order valence-corrected chi connectivity index (χ1v) is 7.50. The predicted molar refractivity (Wildman–Crippen MR) is 85.1 cm³/mol. The van der Waals surface area contributed by atoms with Crippen molar-refractivity contribution in [1.82, 2.24) is 4.90 Å². The van der Waals surface area contributed by atoms with Crippen molar-refractivity contribution in [2.75, 3.05) is 14.1 Å². The lowest BCUT2D eigenvalue weighted by atomic mass is 9.81. The maximum absolute atomic E-state index is 6.48. The fraction of sp³-hybridized carbons (Fsp3) is 0.600. The van der Waals surface area contributed by atoms with Gasteiger partial charge in [0.2, 0.25) is 0 Å². The molecule has 19 heavy (non-hydrogen) atoms. The van der Waals surface area contributed by atoms with Crippen LogP contribution in [0.15, 0.2) is 18.2 Å². The van der Waals surface area contributed by atoms with Gasteiger partial charge in [0.25, 0.3) is 0 Å². The minimum atomic E-state index is 0.0200. The largest absolute Gasteiger partial charge is 0.326 e. The highest BCUT2D eigenvalue weighted by Crippen LogP contribution is 2.28. The summed E-state index contributed by atoms with van der Waals surface area (Å²) in [5, 5.41) is 1.18. The molecule has 1 aromatic rings. The monoisotopic (exact) mass is 302 g/mol. The SMILES string of the molecule is CCC(CC)(C(N)Cc1ccc(Cl)c(Cl)c1)N(C)C.